The molecule has 1 aliphatic carbocycles. The highest BCUT2D eigenvalue weighted by atomic mass is 19.1. The molecule has 0 aliphatic heterocycles. The van der Waals surface area contributed by atoms with Crippen LogP contribution in [0.2, 0.25) is 0 Å². The van der Waals surface area contributed by atoms with Crippen molar-refractivity contribution in [3.05, 3.63) is 41.5 Å². The maximum absolute atomic E-state index is 13.5. The number of halogens is 1. The van der Waals surface area contributed by atoms with Crippen molar-refractivity contribution in [2.24, 2.45) is 32.6 Å². The van der Waals surface area contributed by atoms with Gasteiger partial charge in [-0.1, -0.05) is 0 Å². The smallest absolute Gasteiger partial charge is 0.185 e. The standard InChI is InChI=1S/C19H26FN5O2/c1-12(26)17-7-14(20)5-6-18(17)24-15(9-19(21)27-2)8-16(25-22)11-23-10-13-3-4-13/h5-7,9,11-13,26H,3-4,8,10,21-22H2,1-2H3/t12-/m1/s1. The first-order chi connectivity index (χ1) is 12.9. The van der Waals surface area contributed by atoms with Crippen LogP contribution in [0.3, 0.4) is 0 Å². The van der Waals surface area contributed by atoms with Gasteiger partial charge in [-0.25, -0.2) is 4.39 Å². The number of allylic oxidation sites excluding steroid dienone is 1. The summed E-state index contributed by atoms with van der Waals surface area (Å²) in [6.45, 7) is 2.30. The Morgan fingerprint density at radius 1 is 1.41 bits per heavy atom. The number of benzene rings is 1. The number of aliphatic imine (C=N–C) groups is 2. The number of nitrogens with zero attached hydrogens (tertiary/aromatic N) is 3. The van der Waals surface area contributed by atoms with Gasteiger partial charge in [-0.3, -0.25) is 9.98 Å². The minimum absolute atomic E-state index is 0.153. The molecule has 2 rings (SSSR count). The summed E-state index contributed by atoms with van der Waals surface area (Å²) in [6.07, 6.45) is 4.95. The van der Waals surface area contributed by atoms with Crippen LogP contribution in [0.4, 0.5) is 10.1 Å². The normalized spacial score (nSPS) is 17.4. The molecule has 0 radical (unpaired) electrons. The van der Waals surface area contributed by atoms with Crippen LogP contribution in [0.1, 0.15) is 37.9 Å². The molecule has 8 heteroatoms. The van der Waals surface area contributed by atoms with Crippen LogP contribution >= 0.6 is 0 Å². The number of aliphatic hydroxyl groups excluding tert-OH is 1. The third-order valence-corrected chi connectivity index (χ3v) is 4.08. The van der Waals surface area contributed by atoms with Gasteiger partial charge in [0.2, 0.25) is 0 Å². The van der Waals surface area contributed by atoms with Gasteiger partial charge in [0.15, 0.2) is 5.88 Å². The maximum atomic E-state index is 13.5. The molecule has 0 amide bonds. The monoisotopic (exact) mass is 375 g/mol. The summed E-state index contributed by atoms with van der Waals surface area (Å²) in [5.74, 6) is 5.84. The predicted octanol–water partition coefficient (Wildman–Crippen LogP) is 2.58. The number of hydrazone groups is 1. The van der Waals surface area contributed by atoms with Gasteiger partial charge in [-0.2, -0.15) is 5.10 Å². The van der Waals surface area contributed by atoms with E-state index >= 15 is 0 Å². The Labute approximate surface area is 158 Å². The molecular weight excluding hydrogens is 349 g/mol. The molecule has 0 bridgehead atoms. The molecule has 5 N–H and O–H groups in total. The van der Waals surface area contributed by atoms with Crippen LogP contribution in [0, 0.1) is 11.7 Å². The summed E-state index contributed by atoms with van der Waals surface area (Å²) in [5, 5.41) is 13.7. The first-order valence-electron chi connectivity index (χ1n) is 8.75. The van der Waals surface area contributed by atoms with Gasteiger partial charge in [0.1, 0.15) is 5.82 Å². The summed E-state index contributed by atoms with van der Waals surface area (Å²) in [7, 11) is 1.44. The van der Waals surface area contributed by atoms with Gasteiger partial charge < -0.3 is 21.4 Å². The average Bonchev–Trinajstić information content (AvgIpc) is 3.46. The van der Waals surface area contributed by atoms with Gasteiger partial charge in [0, 0.05) is 30.8 Å². The molecule has 146 valence electrons. The molecule has 1 fully saturated rings. The number of nitrogens with two attached hydrogens (primary N) is 2. The quantitative estimate of drug-likeness (QED) is 0.266. The van der Waals surface area contributed by atoms with Crippen molar-refractivity contribution in [3.8, 4) is 0 Å². The lowest BCUT2D eigenvalue weighted by Gasteiger charge is -2.10. The minimum atomic E-state index is -0.882. The zero-order valence-corrected chi connectivity index (χ0v) is 15.6. The van der Waals surface area contributed by atoms with Gasteiger partial charge in [-0.05, 0) is 43.9 Å². The minimum Gasteiger partial charge on any atom is -0.483 e. The highest BCUT2D eigenvalue weighted by Crippen LogP contribution is 2.29. The SMILES string of the molecule is COC(N)=CC(CC(C=NCC1CC1)=NN)=Nc1ccc(F)cc1[C@@H](C)O. The van der Waals surface area contributed by atoms with Crippen molar-refractivity contribution in [1.82, 2.24) is 0 Å². The van der Waals surface area contributed by atoms with Crippen molar-refractivity contribution in [1.29, 1.82) is 0 Å². The summed E-state index contributed by atoms with van der Waals surface area (Å²) >= 11 is 0. The third-order valence-electron chi connectivity index (χ3n) is 4.08. The number of rotatable bonds is 9. The van der Waals surface area contributed by atoms with E-state index in [0.717, 1.165) is 6.54 Å². The summed E-state index contributed by atoms with van der Waals surface area (Å²) < 4.78 is 18.5. The fraction of sp³-hybridized carbons (Fsp3) is 0.421. The molecule has 1 aromatic carbocycles. The van der Waals surface area contributed by atoms with Crippen molar-refractivity contribution in [2.75, 3.05) is 13.7 Å². The molecule has 1 saturated carbocycles. The van der Waals surface area contributed by atoms with E-state index in [1.54, 1.807) is 13.1 Å². The molecule has 7 nitrogen and oxygen atoms in total. The molecule has 27 heavy (non-hydrogen) atoms. The second-order valence-electron chi connectivity index (χ2n) is 6.47. The van der Waals surface area contributed by atoms with Gasteiger partial charge in [-0.15, -0.1) is 0 Å². The highest BCUT2D eigenvalue weighted by Gasteiger charge is 2.20. The second-order valence-corrected chi connectivity index (χ2v) is 6.47. The van der Waals surface area contributed by atoms with Crippen LogP contribution in [-0.2, 0) is 4.74 Å². The summed E-state index contributed by atoms with van der Waals surface area (Å²) in [6, 6.07) is 4.02. The van der Waals surface area contributed by atoms with E-state index in [4.69, 9.17) is 16.3 Å². The lowest BCUT2D eigenvalue weighted by Crippen LogP contribution is -2.13. The lowest BCUT2D eigenvalue weighted by atomic mass is 10.1. The van der Waals surface area contributed by atoms with E-state index in [1.807, 2.05) is 0 Å². The molecule has 1 atom stereocenters. The largest absolute Gasteiger partial charge is 0.483 e. The second kappa shape index (κ2) is 9.82. The number of methoxy groups -OCH3 is 1. The zero-order valence-electron chi connectivity index (χ0n) is 15.6. The Bertz CT molecular complexity index is 767. The van der Waals surface area contributed by atoms with Crippen LogP contribution in [0.25, 0.3) is 0 Å². The van der Waals surface area contributed by atoms with Crippen molar-refractivity contribution < 1.29 is 14.2 Å². The van der Waals surface area contributed by atoms with E-state index in [2.05, 4.69) is 15.1 Å². The van der Waals surface area contributed by atoms with E-state index in [1.165, 1.54) is 44.2 Å². The third kappa shape index (κ3) is 6.82. The molecule has 0 saturated heterocycles. The molecule has 0 spiro atoms. The Morgan fingerprint density at radius 3 is 2.74 bits per heavy atom. The maximum Gasteiger partial charge on any atom is 0.185 e. The molecule has 0 aromatic heterocycles. The van der Waals surface area contributed by atoms with Crippen molar-refractivity contribution in [3.63, 3.8) is 0 Å². The van der Waals surface area contributed by atoms with E-state index in [9.17, 15) is 9.50 Å². The molecule has 0 unspecified atom stereocenters. The molecular formula is C19H26FN5O2. The molecule has 0 heterocycles. The fourth-order valence-electron chi connectivity index (χ4n) is 2.38. The van der Waals surface area contributed by atoms with Crippen LogP contribution in [0.5, 0.6) is 0 Å². The van der Waals surface area contributed by atoms with Crippen molar-refractivity contribution in [2.45, 2.75) is 32.3 Å². The fourth-order valence-corrected chi connectivity index (χ4v) is 2.38. The van der Waals surface area contributed by atoms with Crippen molar-refractivity contribution >= 4 is 23.3 Å². The zero-order chi connectivity index (χ0) is 19.8. The van der Waals surface area contributed by atoms with Crippen LogP contribution < -0.4 is 11.6 Å². The van der Waals surface area contributed by atoms with E-state index in [-0.39, 0.29) is 12.3 Å². The number of ether oxygens (including phenoxy) is 1. The summed E-state index contributed by atoms with van der Waals surface area (Å²) in [4.78, 5) is 8.87. The summed E-state index contributed by atoms with van der Waals surface area (Å²) in [5.41, 5.74) is 7.56. The van der Waals surface area contributed by atoms with E-state index in [0.29, 0.717) is 28.6 Å². The van der Waals surface area contributed by atoms with Crippen LogP contribution in [0.15, 0.2) is 45.2 Å². The Hall–Kier alpha value is -2.74. The molecule has 1 aromatic rings. The highest BCUT2D eigenvalue weighted by molar-refractivity contribution is 6.36. The van der Waals surface area contributed by atoms with Gasteiger partial charge >= 0.3 is 0 Å². The number of aliphatic hydroxyl groups is 1. The first-order valence-corrected chi connectivity index (χ1v) is 8.75. The first kappa shape index (κ1) is 20.6. The molecule has 1 aliphatic rings. The average molecular weight is 375 g/mol. The van der Waals surface area contributed by atoms with Gasteiger partial charge in [0.25, 0.3) is 0 Å². The number of hydrogen-bond donors (Lipinski definition) is 3. The Balaban J connectivity index is 2.30. The lowest BCUT2D eigenvalue weighted by molar-refractivity contribution is 0.199. The number of hydrogen-bond acceptors (Lipinski definition) is 7. The predicted molar refractivity (Wildman–Crippen MR) is 106 cm³/mol. The van der Waals surface area contributed by atoms with Gasteiger partial charge in [0.05, 0.1) is 30.3 Å². The Morgan fingerprint density at radius 2 is 2.15 bits per heavy atom. The Kier molecular flexibility index (Phi) is 7.48. The topological polar surface area (TPSA) is 119 Å². The van der Waals surface area contributed by atoms with Crippen LogP contribution in [-0.4, -0.2) is 36.4 Å². The van der Waals surface area contributed by atoms with E-state index < -0.39 is 11.9 Å².